The topological polar surface area (TPSA) is 79.7 Å². The highest BCUT2D eigenvalue weighted by Crippen LogP contribution is 2.26. The lowest BCUT2D eigenvalue weighted by Gasteiger charge is -2.31. The Morgan fingerprint density at radius 1 is 1.19 bits per heavy atom. The average Bonchev–Trinajstić information content (AvgIpc) is 3.11. The molecule has 7 nitrogen and oxygen atoms in total. The maximum atomic E-state index is 11.7. The lowest BCUT2D eigenvalue weighted by Crippen LogP contribution is -2.33. The molecular weight excluding hydrogens is 328 g/mol. The number of nitrogens with zero attached hydrogens (tertiary/aromatic N) is 5. The summed E-state index contributed by atoms with van der Waals surface area (Å²) in [5.74, 6) is 1.04. The summed E-state index contributed by atoms with van der Waals surface area (Å²) in [7, 11) is 0. The van der Waals surface area contributed by atoms with Crippen LogP contribution in [0.1, 0.15) is 36.0 Å². The number of aromatic amines is 1. The Bertz CT molecular complexity index is 924. The van der Waals surface area contributed by atoms with Crippen molar-refractivity contribution < 1.29 is 0 Å². The quantitative estimate of drug-likeness (QED) is 0.779. The predicted octanol–water partition coefficient (Wildman–Crippen LogP) is 2.04. The molecule has 0 atom stereocenters. The minimum absolute atomic E-state index is 0.0625. The van der Waals surface area contributed by atoms with Crippen LogP contribution in [0.5, 0.6) is 0 Å². The molecule has 26 heavy (non-hydrogen) atoms. The number of aryl methyl sites for hydroxylation is 1. The normalized spacial score (nSPS) is 16.0. The average molecular weight is 350 g/mol. The number of benzene rings is 1. The van der Waals surface area contributed by atoms with Gasteiger partial charge < -0.3 is 4.98 Å². The number of piperidine rings is 1. The van der Waals surface area contributed by atoms with E-state index in [2.05, 4.69) is 25.2 Å². The molecular formula is C19H22N6O. The molecule has 0 spiro atoms. The lowest BCUT2D eigenvalue weighted by molar-refractivity contribution is 0.201. The van der Waals surface area contributed by atoms with Crippen molar-refractivity contribution in [3.63, 3.8) is 0 Å². The molecule has 0 saturated carbocycles. The predicted molar refractivity (Wildman–Crippen MR) is 98.2 cm³/mol. The van der Waals surface area contributed by atoms with E-state index in [0.29, 0.717) is 11.7 Å². The molecule has 0 bridgehead atoms. The summed E-state index contributed by atoms with van der Waals surface area (Å²) in [5.41, 5.74) is 2.84. The summed E-state index contributed by atoms with van der Waals surface area (Å²) in [6.07, 6.45) is 3.99. The van der Waals surface area contributed by atoms with Gasteiger partial charge in [-0.05, 0) is 45.0 Å². The molecule has 7 heteroatoms. The Labute approximate surface area is 151 Å². The third-order valence-corrected chi connectivity index (χ3v) is 4.83. The van der Waals surface area contributed by atoms with Crippen molar-refractivity contribution >= 4 is 0 Å². The summed E-state index contributed by atoms with van der Waals surface area (Å²) in [4.78, 5) is 21.3. The number of likely N-dealkylation sites (tertiary alicyclic amines) is 1. The van der Waals surface area contributed by atoms with Crippen LogP contribution in [0.2, 0.25) is 0 Å². The molecule has 1 aliphatic heterocycles. The molecule has 0 amide bonds. The summed E-state index contributed by atoms with van der Waals surface area (Å²) in [6, 6.07) is 11.6. The van der Waals surface area contributed by atoms with E-state index in [-0.39, 0.29) is 5.56 Å². The van der Waals surface area contributed by atoms with Gasteiger partial charge in [0.15, 0.2) is 0 Å². The second-order valence-corrected chi connectivity index (χ2v) is 6.80. The molecule has 0 radical (unpaired) electrons. The van der Waals surface area contributed by atoms with Crippen molar-refractivity contribution in [3.8, 4) is 5.69 Å². The van der Waals surface area contributed by atoms with E-state index in [0.717, 1.165) is 49.6 Å². The van der Waals surface area contributed by atoms with Crippen LogP contribution >= 0.6 is 0 Å². The number of rotatable bonds is 4. The van der Waals surface area contributed by atoms with E-state index in [1.165, 1.54) is 0 Å². The Balaban J connectivity index is 1.37. The molecule has 1 aromatic carbocycles. The molecule has 1 saturated heterocycles. The molecule has 0 unspecified atom stereocenters. The van der Waals surface area contributed by atoms with Crippen molar-refractivity contribution in [2.24, 2.45) is 0 Å². The largest absolute Gasteiger partial charge is 0.311 e. The van der Waals surface area contributed by atoms with Crippen LogP contribution in [0.15, 0.2) is 47.4 Å². The van der Waals surface area contributed by atoms with Gasteiger partial charge in [0.2, 0.25) is 0 Å². The van der Waals surface area contributed by atoms with Gasteiger partial charge in [-0.3, -0.25) is 9.69 Å². The minimum atomic E-state index is -0.0625. The van der Waals surface area contributed by atoms with Gasteiger partial charge in [0.05, 0.1) is 23.3 Å². The Hall–Kier alpha value is -2.80. The van der Waals surface area contributed by atoms with Gasteiger partial charge in [-0.2, -0.15) is 0 Å². The smallest absolute Gasteiger partial charge is 0.251 e. The van der Waals surface area contributed by atoms with Crippen molar-refractivity contribution in [1.29, 1.82) is 0 Å². The van der Waals surface area contributed by atoms with Crippen LogP contribution in [0.3, 0.4) is 0 Å². The number of hydrogen-bond acceptors (Lipinski definition) is 5. The standard InChI is InChI=1S/C19H22N6O/c1-14-20-18(11-19(26)21-14)15-7-9-24(10-8-15)12-16-13-25(23-22-16)17-5-3-2-4-6-17/h2-6,11,13,15H,7-10,12H2,1H3,(H,20,21,26). The van der Waals surface area contributed by atoms with Crippen molar-refractivity contribution in [3.05, 3.63) is 70.2 Å². The van der Waals surface area contributed by atoms with Crippen LogP contribution in [-0.2, 0) is 6.54 Å². The highest BCUT2D eigenvalue weighted by atomic mass is 16.1. The van der Waals surface area contributed by atoms with Gasteiger partial charge in [0.25, 0.3) is 5.56 Å². The fourth-order valence-electron chi connectivity index (χ4n) is 3.51. The fraction of sp³-hybridized carbons (Fsp3) is 0.368. The Morgan fingerprint density at radius 2 is 1.96 bits per heavy atom. The molecule has 1 N–H and O–H groups in total. The summed E-state index contributed by atoms with van der Waals surface area (Å²) in [5, 5.41) is 8.53. The third kappa shape index (κ3) is 3.72. The van der Waals surface area contributed by atoms with Crippen LogP contribution in [0, 0.1) is 6.92 Å². The van der Waals surface area contributed by atoms with E-state index in [9.17, 15) is 4.79 Å². The Kier molecular flexibility index (Phi) is 4.62. The highest BCUT2D eigenvalue weighted by Gasteiger charge is 2.22. The molecule has 3 heterocycles. The molecule has 1 fully saturated rings. The first-order valence-corrected chi connectivity index (χ1v) is 8.94. The van der Waals surface area contributed by atoms with E-state index < -0.39 is 0 Å². The number of para-hydroxylation sites is 1. The van der Waals surface area contributed by atoms with Gasteiger partial charge in [0.1, 0.15) is 5.82 Å². The van der Waals surface area contributed by atoms with E-state index in [1.54, 1.807) is 6.07 Å². The second-order valence-electron chi connectivity index (χ2n) is 6.80. The monoisotopic (exact) mass is 350 g/mol. The zero-order valence-corrected chi connectivity index (χ0v) is 14.8. The zero-order valence-electron chi connectivity index (χ0n) is 14.8. The van der Waals surface area contributed by atoms with Gasteiger partial charge >= 0.3 is 0 Å². The SMILES string of the molecule is Cc1nc(C2CCN(Cc3cn(-c4ccccc4)nn3)CC2)cc(=O)[nH]1. The summed E-state index contributed by atoms with van der Waals surface area (Å²) < 4.78 is 1.81. The van der Waals surface area contributed by atoms with Gasteiger partial charge in [0, 0.05) is 18.5 Å². The van der Waals surface area contributed by atoms with Crippen LogP contribution in [-0.4, -0.2) is 43.0 Å². The van der Waals surface area contributed by atoms with Crippen molar-refractivity contribution in [1.82, 2.24) is 29.9 Å². The molecule has 0 aliphatic carbocycles. The first-order chi connectivity index (χ1) is 12.7. The second kappa shape index (κ2) is 7.21. The molecule has 1 aliphatic rings. The summed E-state index contributed by atoms with van der Waals surface area (Å²) >= 11 is 0. The van der Waals surface area contributed by atoms with Crippen LogP contribution < -0.4 is 5.56 Å². The maximum absolute atomic E-state index is 11.7. The van der Waals surface area contributed by atoms with E-state index >= 15 is 0 Å². The zero-order chi connectivity index (χ0) is 17.9. The number of aromatic nitrogens is 5. The van der Waals surface area contributed by atoms with Crippen LogP contribution in [0.4, 0.5) is 0 Å². The molecule has 134 valence electrons. The number of hydrogen-bond donors (Lipinski definition) is 1. The van der Waals surface area contributed by atoms with Crippen molar-refractivity contribution in [2.75, 3.05) is 13.1 Å². The maximum Gasteiger partial charge on any atom is 0.251 e. The number of H-pyrrole nitrogens is 1. The van der Waals surface area contributed by atoms with Gasteiger partial charge in [-0.1, -0.05) is 23.4 Å². The Morgan fingerprint density at radius 3 is 2.69 bits per heavy atom. The van der Waals surface area contributed by atoms with E-state index in [1.807, 2.05) is 48.1 Å². The number of nitrogens with one attached hydrogen (secondary N) is 1. The van der Waals surface area contributed by atoms with Crippen LogP contribution in [0.25, 0.3) is 5.69 Å². The van der Waals surface area contributed by atoms with Crippen molar-refractivity contribution in [2.45, 2.75) is 32.2 Å². The summed E-state index contributed by atoms with van der Waals surface area (Å²) in [6.45, 7) is 4.56. The van der Waals surface area contributed by atoms with Gasteiger partial charge in [-0.15, -0.1) is 5.10 Å². The van der Waals surface area contributed by atoms with E-state index in [4.69, 9.17) is 0 Å². The third-order valence-electron chi connectivity index (χ3n) is 4.83. The first-order valence-electron chi connectivity index (χ1n) is 8.94. The lowest BCUT2D eigenvalue weighted by atomic mass is 9.93. The molecule has 2 aromatic heterocycles. The minimum Gasteiger partial charge on any atom is -0.311 e. The first kappa shape index (κ1) is 16.7. The fourth-order valence-corrected chi connectivity index (χ4v) is 3.51. The molecule has 4 rings (SSSR count). The highest BCUT2D eigenvalue weighted by molar-refractivity contribution is 5.29. The molecule has 3 aromatic rings. The van der Waals surface area contributed by atoms with Gasteiger partial charge in [-0.25, -0.2) is 9.67 Å².